The number of benzene rings is 1. The number of piperidine rings is 1. The number of fused-ring (bicyclic) bond motifs is 4. The first-order valence-corrected chi connectivity index (χ1v) is 9.64. The lowest BCUT2D eigenvalue weighted by Crippen LogP contribution is -2.43. The maximum Gasteiger partial charge on any atom is 0.292 e. The van der Waals surface area contributed by atoms with Gasteiger partial charge in [-0.1, -0.05) is 49.3 Å². The lowest BCUT2D eigenvalue weighted by Gasteiger charge is -2.36. The van der Waals surface area contributed by atoms with Crippen molar-refractivity contribution in [1.82, 2.24) is 15.0 Å². The Morgan fingerprint density at radius 1 is 1.19 bits per heavy atom. The van der Waals surface area contributed by atoms with Gasteiger partial charge in [0, 0.05) is 38.3 Å². The van der Waals surface area contributed by atoms with Crippen molar-refractivity contribution in [3.05, 3.63) is 53.4 Å². The van der Waals surface area contributed by atoms with Crippen molar-refractivity contribution in [1.29, 1.82) is 0 Å². The molecule has 2 atom stereocenters. The average molecular weight is 353 g/mol. The second kappa shape index (κ2) is 7.23. The zero-order chi connectivity index (χ0) is 18.1. The van der Waals surface area contributed by atoms with Crippen molar-refractivity contribution in [2.75, 3.05) is 19.6 Å². The molecule has 1 amide bonds. The lowest BCUT2D eigenvalue weighted by molar-refractivity contribution is 0.0694. The molecule has 3 aliphatic rings. The van der Waals surface area contributed by atoms with Gasteiger partial charge in [-0.2, -0.15) is 0 Å². The Bertz CT molecular complexity index is 756. The second-order valence-corrected chi connectivity index (χ2v) is 7.99. The second-order valence-electron chi connectivity index (χ2n) is 7.99. The van der Waals surface area contributed by atoms with Gasteiger partial charge in [-0.05, 0) is 30.2 Å². The van der Waals surface area contributed by atoms with Crippen LogP contribution in [0.1, 0.15) is 54.4 Å². The molecule has 4 heterocycles. The van der Waals surface area contributed by atoms with E-state index < -0.39 is 0 Å². The molecule has 3 aliphatic heterocycles. The summed E-state index contributed by atoms with van der Waals surface area (Å²) < 4.78 is 5.34. The largest absolute Gasteiger partial charge is 0.351 e. The Labute approximate surface area is 155 Å². The molecule has 0 saturated carbocycles. The molecular weight excluding hydrogens is 326 g/mol. The molecule has 0 aliphatic carbocycles. The number of rotatable bonds is 4. The highest BCUT2D eigenvalue weighted by Crippen LogP contribution is 2.30. The van der Waals surface area contributed by atoms with Crippen LogP contribution in [-0.2, 0) is 6.54 Å². The molecule has 1 aromatic carbocycles. The Kier molecular flexibility index (Phi) is 4.81. The molecule has 0 spiro atoms. The van der Waals surface area contributed by atoms with E-state index in [9.17, 15) is 4.79 Å². The molecule has 3 saturated heterocycles. The Hall–Kier alpha value is -2.14. The summed E-state index contributed by atoms with van der Waals surface area (Å²) in [5, 5.41) is 4.05. The zero-order valence-corrected chi connectivity index (χ0v) is 15.6. The number of aromatic nitrogens is 1. The minimum Gasteiger partial charge on any atom is -0.351 e. The first kappa shape index (κ1) is 17.3. The molecule has 26 heavy (non-hydrogen) atoms. The number of carbonyl (C=O) groups excluding carboxylic acids is 1. The summed E-state index contributed by atoms with van der Waals surface area (Å²) in [5.41, 5.74) is 2.19. The van der Waals surface area contributed by atoms with Crippen LogP contribution in [0.2, 0.25) is 0 Å². The Balaban J connectivity index is 1.47. The quantitative estimate of drug-likeness (QED) is 0.844. The van der Waals surface area contributed by atoms with Crippen molar-refractivity contribution in [2.45, 2.75) is 45.2 Å². The molecule has 3 fully saturated rings. The molecule has 0 unspecified atom stereocenters. The van der Waals surface area contributed by atoms with Gasteiger partial charge in [-0.15, -0.1) is 0 Å². The molecule has 1 aromatic heterocycles. The van der Waals surface area contributed by atoms with E-state index in [1.807, 2.05) is 11.0 Å². The summed E-state index contributed by atoms with van der Waals surface area (Å²) in [5.74, 6) is 1.17. The van der Waals surface area contributed by atoms with Gasteiger partial charge in [0.25, 0.3) is 5.91 Å². The Morgan fingerprint density at radius 2 is 2.00 bits per heavy atom. The smallest absolute Gasteiger partial charge is 0.292 e. The van der Waals surface area contributed by atoms with Crippen LogP contribution in [0.3, 0.4) is 0 Å². The van der Waals surface area contributed by atoms with E-state index in [0.717, 1.165) is 38.3 Å². The number of amides is 1. The van der Waals surface area contributed by atoms with E-state index in [1.54, 1.807) is 0 Å². The average Bonchev–Trinajstić information content (AvgIpc) is 2.97. The molecule has 2 bridgehead atoms. The Morgan fingerprint density at radius 3 is 2.73 bits per heavy atom. The maximum absolute atomic E-state index is 12.9. The van der Waals surface area contributed by atoms with Crippen molar-refractivity contribution in [3.63, 3.8) is 0 Å². The van der Waals surface area contributed by atoms with E-state index in [0.29, 0.717) is 17.7 Å². The van der Waals surface area contributed by atoms with Gasteiger partial charge < -0.3 is 9.42 Å². The lowest BCUT2D eigenvalue weighted by atomic mass is 9.94. The van der Waals surface area contributed by atoms with Crippen LogP contribution in [-0.4, -0.2) is 46.5 Å². The summed E-state index contributed by atoms with van der Waals surface area (Å²) in [7, 11) is 0. The summed E-state index contributed by atoms with van der Waals surface area (Å²) in [6.07, 6.45) is 2.36. The predicted molar refractivity (Wildman–Crippen MR) is 99.9 cm³/mol. The first-order chi connectivity index (χ1) is 12.6. The van der Waals surface area contributed by atoms with Crippen molar-refractivity contribution in [3.8, 4) is 0 Å². The van der Waals surface area contributed by atoms with Gasteiger partial charge in [0.1, 0.15) is 0 Å². The van der Waals surface area contributed by atoms with Crippen LogP contribution < -0.4 is 0 Å². The van der Waals surface area contributed by atoms with Gasteiger partial charge in [-0.25, -0.2) is 0 Å². The highest BCUT2D eigenvalue weighted by atomic mass is 16.5. The molecule has 5 heteroatoms. The third kappa shape index (κ3) is 3.54. The van der Waals surface area contributed by atoms with E-state index in [4.69, 9.17) is 4.52 Å². The highest BCUT2D eigenvalue weighted by molar-refractivity contribution is 5.91. The van der Waals surface area contributed by atoms with Gasteiger partial charge in [0.05, 0.1) is 5.69 Å². The summed E-state index contributed by atoms with van der Waals surface area (Å²) in [6, 6.07) is 12.8. The third-order valence-electron chi connectivity index (χ3n) is 5.67. The minimum absolute atomic E-state index is 0.0112. The molecule has 2 aromatic rings. The monoisotopic (exact) mass is 353 g/mol. The van der Waals surface area contributed by atoms with Crippen molar-refractivity contribution >= 4 is 5.91 Å². The van der Waals surface area contributed by atoms with Crippen LogP contribution in [0.4, 0.5) is 0 Å². The summed E-state index contributed by atoms with van der Waals surface area (Å²) in [6.45, 7) is 7.73. The SMILES string of the molecule is CC(C)c1cc(C(=O)N2C[C@H]3CC[C@@H](C2)N(Cc2ccccc2)C3)on1. The fourth-order valence-corrected chi connectivity index (χ4v) is 4.17. The number of carbonyl (C=O) groups is 1. The fourth-order valence-electron chi connectivity index (χ4n) is 4.17. The molecule has 0 N–H and O–H groups in total. The van der Waals surface area contributed by atoms with Gasteiger partial charge in [-0.3, -0.25) is 9.69 Å². The van der Waals surface area contributed by atoms with E-state index in [2.05, 4.69) is 54.2 Å². The van der Waals surface area contributed by atoms with Crippen molar-refractivity contribution in [2.24, 2.45) is 5.92 Å². The van der Waals surface area contributed by atoms with Crippen LogP contribution in [0.5, 0.6) is 0 Å². The van der Waals surface area contributed by atoms with E-state index >= 15 is 0 Å². The van der Waals surface area contributed by atoms with Crippen LogP contribution in [0, 0.1) is 5.92 Å². The third-order valence-corrected chi connectivity index (χ3v) is 5.67. The van der Waals surface area contributed by atoms with E-state index in [-0.39, 0.29) is 11.8 Å². The molecule has 0 radical (unpaired) electrons. The topological polar surface area (TPSA) is 49.6 Å². The summed E-state index contributed by atoms with van der Waals surface area (Å²) in [4.78, 5) is 17.5. The summed E-state index contributed by atoms with van der Waals surface area (Å²) >= 11 is 0. The van der Waals surface area contributed by atoms with E-state index in [1.165, 1.54) is 12.0 Å². The van der Waals surface area contributed by atoms with Gasteiger partial charge in [0.2, 0.25) is 5.76 Å². The number of hydrogen-bond acceptors (Lipinski definition) is 4. The minimum atomic E-state index is -0.0112. The maximum atomic E-state index is 12.9. The van der Waals surface area contributed by atoms with Crippen LogP contribution in [0.25, 0.3) is 0 Å². The van der Waals surface area contributed by atoms with Crippen LogP contribution >= 0.6 is 0 Å². The molecular formula is C21H27N3O2. The number of hydrogen-bond donors (Lipinski definition) is 0. The fraction of sp³-hybridized carbons (Fsp3) is 0.524. The predicted octanol–water partition coefficient (Wildman–Crippen LogP) is 3.53. The highest BCUT2D eigenvalue weighted by Gasteiger charge is 2.37. The molecule has 5 nitrogen and oxygen atoms in total. The van der Waals surface area contributed by atoms with Crippen molar-refractivity contribution < 1.29 is 9.32 Å². The normalized spacial score (nSPS) is 23.4. The molecule has 5 rings (SSSR count). The standard InChI is InChI=1S/C21H27N3O2/c1-15(2)19-10-20(26-22-19)21(25)24-13-17-8-9-18(14-24)23(12-17)11-16-6-4-3-5-7-16/h3-7,10,15,17-18H,8-9,11-14H2,1-2H3/t17-,18-/m0/s1. The van der Waals surface area contributed by atoms with Gasteiger partial charge >= 0.3 is 0 Å². The van der Waals surface area contributed by atoms with Crippen LogP contribution in [0.15, 0.2) is 40.9 Å². The number of nitrogens with zero attached hydrogens (tertiary/aromatic N) is 3. The molecule has 138 valence electrons. The van der Waals surface area contributed by atoms with Gasteiger partial charge in [0.15, 0.2) is 0 Å². The zero-order valence-electron chi connectivity index (χ0n) is 15.6. The first-order valence-electron chi connectivity index (χ1n) is 9.64.